The van der Waals surface area contributed by atoms with E-state index in [9.17, 15) is 21.6 Å². The van der Waals surface area contributed by atoms with Crippen LogP contribution in [0.5, 0.6) is 0 Å². The van der Waals surface area contributed by atoms with Crippen molar-refractivity contribution in [3.05, 3.63) is 0 Å². The Morgan fingerprint density at radius 2 is 1.84 bits per heavy atom. The summed E-state index contributed by atoms with van der Waals surface area (Å²) in [4.78, 5) is 0. The van der Waals surface area contributed by atoms with Crippen molar-refractivity contribution in [2.24, 2.45) is 5.41 Å². The van der Waals surface area contributed by atoms with Crippen molar-refractivity contribution in [2.45, 2.75) is 38.8 Å². The van der Waals surface area contributed by atoms with Gasteiger partial charge >= 0.3 is 6.18 Å². The molecule has 1 aliphatic heterocycles. The van der Waals surface area contributed by atoms with Gasteiger partial charge in [-0.25, -0.2) is 13.1 Å². The molecule has 2 N–H and O–H groups in total. The molecule has 0 spiro atoms. The Morgan fingerprint density at radius 1 is 1.26 bits per heavy atom. The molecule has 19 heavy (non-hydrogen) atoms. The van der Waals surface area contributed by atoms with Gasteiger partial charge in [0.25, 0.3) is 0 Å². The summed E-state index contributed by atoms with van der Waals surface area (Å²) in [7, 11) is -3.61. The molecular formula is C11H21F3N2O2S. The Hall–Kier alpha value is -0.340. The van der Waals surface area contributed by atoms with Crippen molar-refractivity contribution in [1.82, 2.24) is 10.0 Å². The Kier molecular flexibility index (Phi) is 5.64. The maximum absolute atomic E-state index is 11.9. The highest BCUT2D eigenvalue weighted by Gasteiger charge is 2.30. The Morgan fingerprint density at radius 3 is 2.37 bits per heavy atom. The van der Waals surface area contributed by atoms with Gasteiger partial charge in [0.1, 0.15) is 0 Å². The molecule has 1 aliphatic rings. The highest BCUT2D eigenvalue weighted by Crippen LogP contribution is 2.27. The van der Waals surface area contributed by atoms with E-state index in [4.69, 9.17) is 0 Å². The van der Waals surface area contributed by atoms with Gasteiger partial charge in [-0.1, -0.05) is 6.92 Å². The third-order valence-corrected chi connectivity index (χ3v) is 4.81. The standard InChI is InChI=1S/C11H21F3N2O2S/c1-10(4-6-15-7-5-10)9-16-19(17,18)8-2-3-11(12,13)14/h15-16H,2-9H2,1H3. The highest BCUT2D eigenvalue weighted by atomic mass is 32.2. The van der Waals surface area contributed by atoms with E-state index >= 15 is 0 Å². The maximum atomic E-state index is 11.9. The van der Waals surface area contributed by atoms with Gasteiger partial charge in [-0.05, 0) is 37.8 Å². The van der Waals surface area contributed by atoms with E-state index in [-0.39, 0.29) is 5.41 Å². The predicted molar refractivity (Wildman–Crippen MR) is 67.3 cm³/mol. The van der Waals surface area contributed by atoms with Crippen molar-refractivity contribution < 1.29 is 21.6 Å². The minimum absolute atomic E-state index is 0.109. The summed E-state index contributed by atoms with van der Waals surface area (Å²) in [6, 6.07) is 0. The molecule has 1 rings (SSSR count). The van der Waals surface area contributed by atoms with Gasteiger partial charge in [0.15, 0.2) is 0 Å². The smallest absolute Gasteiger partial charge is 0.317 e. The Bertz CT molecular complexity index is 376. The molecule has 0 unspecified atom stereocenters. The maximum Gasteiger partial charge on any atom is 0.389 e. The summed E-state index contributed by atoms with van der Waals surface area (Å²) in [6.07, 6.45) is -4.03. The number of alkyl halides is 3. The van der Waals surface area contributed by atoms with Crippen LogP contribution in [0.4, 0.5) is 13.2 Å². The monoisotopic (exact) mass is 302 g/mol. The van der Waals surface area contributed by atoms with Crippen LogP contribution in [0.15, 0.2) is 0 Å². The van der Waals surface area contributed by atoms with Crippen LogP contribution in [0, 0.1) is 5.41 Å². The van der Waals surface area contributed by atoms with Crippen molar-refractivity contribution >= 4 is 10.0 Å². The number of rotatable bonds is 6. The van der Waals surface area contributed by atoms with Gasteiger partial charge in [0, 0.05) is 13.0 Å². The number of nitrogens with one attached hydrogen (secondary N) is 2. The van der Waals surface area contributed by atoms with E-state index in [1.54, 1.807) is 0 Å². The van der Waals surface area contributed by atoms with E-state index in [1.807, 2.05) is 6.92 Å². The lowest BCUT2D eigenvalue weighted by atomic mass is 9.81. The zero-order valence-corrected chi connectivity index (χ0v) is 11.8. The second kappa shape index (κ2) is 6.41. The molecular weight excluding hydrogens is 281 g/mol. The first-order valence-electron chi connectivity index (χ1n) is 6.37. The summed E-state index contributed by atoms with van der Waals surface area (Å²) in [5.74, 6) is -0.471. The minimum Gasteiger partial charge on any atom is -0.317 e. The first kappa shape index (κ1) is 16.7. The molecule has 0 amide bonds. The SMILES string of the molecule is CC1(CNS(=O)(=O)CCCC(F)(F)F)CCNCC1. The summed E-state index contributed by atoms with van der Waals surface area (Å²) >= 11 is 0. The molecule has 0 radical (unpaired) electrons. The highest BCUT2D eigenvalue weighted by molar-refractivity contribution is 7.89. The van der Waals surface area contributed by atoms with E-state index in [2.05, 4.69) is 10.0 Å². The van der Waals surface area contributed by atoms with E-state index in [1.165, 1.54) is 0 Å². The molecule has 8 heteroatoms. The molecule has 0 aromatic rings. The quantitative estimate of drug-likeness (QED) is 0.784. The topological polar surface area (TPSA) is 58.2 Å². The van der Waals surface area contributed by atoms with Gasteiger partial charge in [0.2, 0.25) is 10.0 Å². The molecule has 0 aromatic carbocycles. The number of halogens is 3. The van der Waals surface area contributed by atoms with Gasteiger partial charge in [-0.2, -0.15) is 13.2 Å². The van der Waals surface area contributed by atoms with Crippen molar-refractivity contribution in [2.75, 3.05) is 25.4 Å². The second-order valence-electron chi connectivity index (χ2n) is 5.42. The van der Waals surface area contributed by atoms with Gasteiger partial charge in [-0.3, -0.25) is 0 Å². The number of piperidine rings is 1. The second-order valence-corrected chi connectivity index (χ2v) is 7.35. The molecule has 0 aliphatic carbocycles. The minimum atomic E-state index is -4.30. The molecule has 0 atom stereocenters. The number of sulfonamides is 1. The largest absolute Gasteiger partial charge is 0.389 e. The molecule has 1 saturated heterocycles. The van der Waals surface area contributed by atoms with Crippen molar-refractivity contribution in [3.8, 4) is 0 Å². The van der Waals surface area contributed by atoms with Crippen LogP contribution < -0.4 is 10.0 Å². The molecule has 1 heterocycles. The normalized spacial score (nSPS) is 20.4. The molecule has 0 bridgehead atoms. The lowest BCUT2D eigenvalue weighted by molar-refractivity contribution is -0.134. The van der Waals surface area contributed by atoms with E-state index in [0.717, 1.165) is 25.9 Å². The summed E-state index contributed by atoms with van der Waals surface area (Å²) in [5.41, 5.74) is -0.109. The first-order valence-corrected chi connectivity index (χ1v) is 8.02. The summed E-state index contributed by atoms with van der Waals surface area (Å²) in [6.45, 7) is 3.97. The molecule has 4 nitrogen and oxygen atoms in total. The van der Waals surface area contributed by atoms with Crippen molar-refractivity contribution in [1.29, 1.82) is 0 Å². The predicted octanol–water partition coefficient (Wildman–Crippen LogP) is 1.64. The first-order chi connectivity index (χ1) is 8.62. The number of hydrogen-bond acceptors (Lipinski definition) is 3. The molecule has 0 aromatic heterocycles. The zero-order chi connectivity index (χ0) is 14.6. The molecule has 114 valence electrons. The zero-order valence-electron chi connectivity index (χ0n) is 11.0. The molecule has 1 fully saturated rings. The summed E-state index contributed by atoms with van der Waals surface area (Å²) in [5, 5.41) is 3.19. The van der Waals surface area contributed by atoms with Crippen LogP contribution in [0.25, 0.3) is 0 Å². The van der Waals surface area contributed by atoms with Gasteiger partial charge < -0.3 is 5.32 Å². The van der Waals surface area contributed by atoms with Crippen molar-refractivity contribution in [3.63, 3.8) is 0 Å². The Balaban J connectivity index is 2.34. The van der Waals surface area contributed by atoms with Crippen LogP contribution >= 0.6 is 0 Å². The van der Waals surface area contributed by atoms with Crippen LogP contribution in [0.3, 0.4) is 0 Å². The fraction of sp³-hybridized carbons (Fsp3) is 1.00. The van der Waals surface area contributed by atoms with E-state index < -0.39 is 34.8 Å². The Labute approximate surface area is 112 Å². The third-order valence-electron chi connectivity index (χ3n) is 3.40. The lowest BCUT2D eigenvalue weighted by Gasteiger charge is -2.34. The average Bonchev–Trinajstić information content (AvgIpc) is 2.26. The van der Waals surface area contributed by atoms with Gasteiger partial charge in [0.05, 0.1) is 5.75 Å². The van der Waals surface area contributed by atoms with Crippen LogP contribution in [0.1, 0.15) is 32.6 Å². The molecule has 0 saturated carbocycles. The van der Waals surface area contributed by atoms with Crippen LogP contribution in [-0.2, 0) is 10.0 Å². The third kappa shape index (κ3) is 7.12. The van der Waals surface area contributed by atoms with Crippen LogP contribution in [-0.4, -0.2) is 40.0 Å². The fourth-order valence-corrected chi connectivity index (χ4v) is 3.26. The fourth-order valence-electron chi connectivity index (χ4n) is 2.03. The lowest BCUT2D eigenvalue weighted by Crippen LogP contribution is -2.43. The summed E-state index contributed by atoms with van der Waals surface area (Å²) < 4.78 is 61.5. The van der Waals surface area contributed by atoms with E-state index in [0.29, 0.717) is 6.54 Å². The number of hydrogen-bond donors (Lipinski definition) is 2. The van der Waals surface area contributed by atoms with Gasteiger partial charge in [-0.15, -0.1) is 0 Å². The average molecular weight is 302 g/mol. The van der Waals surface area contributed by atoms with Crippen LogP contribution in [0.2, 0.25) is 0 Å².